The Labute approximate surface area is 105 Å². The molecule has 0 aliphatic rings. The number of halogens is 5. The van der Waals surface area contributed by atoms with Crippen LogP contribution in [0.5, 0.6) is 0 Å². The number of aryl methyl sites for hydroxylation is 1. The Bertz CT molecular complexity index is 634. The Balaban J connectivity index is 2.93. The summed E-state index contributed by atoms with van der Waals surface area (Å²) in [5.41, 5.74) is -1.13. The van der Waals surface area contributed by atoms with Gasteiger partial charge in [0.15, 0.2) is 0 Å². The molecule has 0 saturated carbocycles. The van der Waals surface area contributed by atoms with Crippen molar-refractivity contribution in [1.29, 1.82) is 0 Å². The van der Waals surface area contributed by atoms with Crippen LogP contribution in [-0.4, -0.2) is 4.98 Å². The first-order valence-electron chi connectivity index (χ1n) is 5.05. The van der Waals surface area contributed by atoms with Gasteiger partial charge in [0.1, 0.15) is 17.0 Å². The van der Waals surface area contributed by atoms with Crippen LogP contribution in [0.15, 0.2) is 12.1 Å². The molecule has 0 spiro atoms. The summed E-state index contributed by atoms with van der Waals surface area (Å²) in [6.07, 6.45) is -4.65. The van der Waals surface area contributed by atoms with E-state index in [2.05, 4.69) is 4.98 Å². The maximum absolute atomic E-state index is 13.6. The van der Waals surface area contributed by atoms with Crippen molar-refractivity contribution in [3.05, 3.63) is 39.8 Å². The predicted molar refractivity (Wildman–Crippen MR) is 61.2 cm³/mol. The quantitative estimate of drug-likeness (QED) is 0.638. The standard InChI is InChI=1S/C12H8ClF4N/c1-5-3-7-9(13)6(2)11(12(15,16)17)18-10(7)8(14)4-5/h3-4H,1-2H3. The minimum Gasteiger partial charge on any atom is -0.240 e. The fraction of sp³-hybridized carbons (Fsp3) is 0.250. The number of alkyl halides is 3. The molecule has 1 nitrogen and oxygen atoms in total. The van der Waals surface area contributed by atoms with E-state index in [1.807, 2.05) is 0 Å². The average molecular weight is 278 g/mol. The molecule has 0 atom stereocenters. The fourth-order valence-corrected chi connectivity index (χ4v) is 2.03. The molecule has 0 amide bonds. The number of hydrogen-bond donors (Lipinski definition) is 0. The number of aromatic nitrogens is 1. The van der Waals surface area contributed by atoms with Gasteiger partial charge in [0.2, 0.25) is 0 Å². The molecule has 0 radical (unpaired) electrons. The summed E-state index contributed by atoms with van der Waals surface area (Å²) in [7, 11) is 0. The van der Waals surface area contributed by atoms with Gasteiger partial charge in [-0.2, -0.15) is 13.2 Å². The monoisotopic (exact) mass is 277 g/mol. The van der Waals surface area contributed by atoms with E-state index in [-0.39, 0.29) is 21.5 Å². The Kier molecular flexibility index (Phi) is 2.97. The molecule has 1 aromatic heterocycles. The van der Waals surface area contributed by atoms with Gasteiger partial charge in [0, 0.05) is 5.39 Å². The highest BCUT2D eigenvalue weighted by molar-refractivity contribution is 6.36. The van der Waals surface area contributed by atoms with Gasteiger partial charge in [-0.1, -0.05) is 11.6 Å². The van der Waals surface area contributed by atoms with Crippen molar-refractivity contribution in [2.75, 3.05) is 0 Å². The first-order chi connectivity index (χ1) is 8.21. The van der Waals surface area contributed by atoms with Crippen LogP contribution in [0.4, 0.5) is 17.6 Å². The normalized spacial score (nSPS) is 12.2. The zero-order valence-corrected chi connectivity index (χ0v) is 10.2. The SMILES string of the molecule is Cc1cc(F)c2nc(C(F)(F)F)c(C)c(Cl)c2c1. The van der Waals surface area contributed by atoms with Crippen molar-refractivity contribution in [2.45, 2.75) is 20.0 Å². The second-order valence-electron chi connectivity index (χ2n) is 4.04. The van der Waals surface area contributed by atoms with Crippen LogP contribution in [0.25, 0.3) is 10.9 Å². The van der Waals surface area contributed by atoms with E-state index in [1.54, 1.807) is 6.92 Å². The van der Waals surface area contributed by atoms with Crippen LogP contribution in [0, 0.1) is 19.7 Å². The lowest BCUT2D eigenvalue weighted by molar-refractivity contribution is -0.141. The van der Waals surface area contributed by atoms with Gasteiger partial charge in [0.25, 0.3) is 0 Å². The lowest BCUT2D eigenvalue weighted by Gasteiger charge is -2.13. The highest BCUT2D eigenvalue weighted by Gasteiger charge is 2.36. The molecule has 2 aromatic rings. The average Bonchev–Trinajstić information content (AvgIpc) is 2.22. The maximum Gasteiger partial charge on any atom is 0.433 e. The minimum absolute atomic E-state index is 0.116. The Hall–Kier alpha value is -1.36. The second-order valence-corrected chi connectivity index (χ2v) is 4.42. The van der Waals surface area contributed by atoms with Crippen LogP contribution in [0.1, 0.15) is 16.8 Å². The summed E-state index contributed by atoms with van der Waals surface area (Å²) in [4.78, 5) is 3.36. The van der Waals surface area contributed by atoms with Crippen LogP contribution < -0.4 is 0 Å². The molecule has 0 saturated heterocycles. The number of nitrogens with zero attached hydrogens (tertiary/aromatic N) is 1. The second kappa shape index (κ2) is 4.09. The summed E-state index contributed by atoms with van der Waals surface area (Å²) in [6, 6.07) is 2.64. The number of fused-ring (bicyclic) bond motifs is 1. The van der Waals surface area contributed by atoms with Crippen LogP contribution in [-0.2, 0) is 6.18 Å². The number of pyridine rings is 1. The minimum atomic E-state index is -4.65. The van der Waals surface area contributed by atoms with Crippen molar-refractivity contribution < 1.29 is 17.6 Å². The molecule has 0 aliphatic heterocycles. The zero-order chi connectivity index (χ0) is 13.7. The van der Waals surface area contributed by atoms with Crippen LogP contribution in [0.2, 0.25) is 5.02 Å². The Morgan fingerprint density at radius 1 is 1.17 bits per heavy atom. The molecule has 2 rings (SSSR count). The molecular formula is C12H8ClF4N. The fourth-order valence-electron chi connectivity index (χ4n) is 1.79. The third-order valence-electron chi connectivity index (χ3n) is 2.62. The van der Waals surface area contributed by atoms with E-state index in [4.69, 9.17) is 11.6 Å². The largest absolute Gasteiger partial charge is 0.433 e. The highest BCUT2D eigenvalue weighted by Crippen LogP contribution is 2.37. The maximum atomic E-state index is 13.6. The summed E-state index contributed by atoms with van der Waals surface area (Å²) in [6.45, 7) is 2.85. The number of rotatable bonds is 0. The van der Waals surface area contributed by atoms with E-state index >= 15 is 0 Å². The van der Waals surface area contributed by atoms with Crippen molar-refractivity contribution in [3.8, 4) is 0 Å². The predicted octanol–water partition coefficient (Wildman–Crippen LogP) is 4.66. The van der Waals surface area contributed by atoms with Gasteiger partial charge in [-0.25, -0.2) is 9.37 Å². The van der Waals surface area contributed by atoms with E-state index in [1.165, 1.54) is 13.0 Å². The van der Waals surface area contributed by atoms with E-state index in [9.17, 15) is 17.6 Å². The zero-order valence-electron chi connectivity index (χ0n) is 9.49. The lowest BCUT2D eigenvalue weighted by Crippen LogP contribution is -2.11. The molecule has 1 aromatic carbocycles. The Morgan fingerprint density at radius 3 is 2.33 bits per heavy atom. The lowest BCUT2D eigenvalue weighted by atomic mass is 10.1. The Morgan fingerprint density at radius 2 is 1.78 bits per heavy atom. The number of hydrogen-bond acceptors (Lipinski definition) is 1. The smallest absolute Gasteiger partial charge is 0.240 e. The first kappa shape index (κ1) is 13.1. The van der Waals surface area contributed by atoms with Crippen molar-refractivity contribution >= 4 is 22.5 Å². The third-order valence-corrected chi connectivity index (χ3v) is 3.11. The van der Waals surface area contributed by atoms with Gasteiger partial charge in [-0.15, -0.1) is 0 Å². The molecule has 18 heavy (non-hydrogen) atoms. The summed E-state index contributed by atoms with van der Waals surface area (Å²) < 4.78 is 51.8. The van der Waals surface area contributed by atoms with Gasteiger partial charge in [0.05, 0.1) is 5.02 Å². The molecule has 0 fully saturated rings. The van der Waals surface area contributed by atoms with Gasteiger partial charge in [-0.3, -0.25) is 0 Å². The van der Waals surface area contributed by atoms with Crippen LogP contribution in [0.3, 0.4) is 0 Å². The van der Waals surface area contributed by atoms with Gasteiger partial charge >= 0.3 is 6.18 Å². The first-order valence-corrected chi connectivity index (χ1v) is 5.42. The van der Waals surface area contributed by atoms with E-state index in [0.29, 0.717) is 5.56 Å². The molecule has 0 bridgehead atoms. The third kappa shape index (κ3) is 2.03. The molecule has 6 heteroatoms. The van der Waals surface area contributed by atoms with E-state index < -0.39 is 17.7 Å². The summed E-state index contributed by atoms with van der Waals surface area (Å²) >= 11 is 5.87. The van der Waals surface area contributed by atoms with E-state index in [0.717, 1.165) is 6.07 Å². The molecular weight excluding hydrogens is 270 g/mol. The van der Waals surface area contributed by atoms with Gasteiger partial charge in [-0.05, 0) is 37.1 Å². The summed E-state index contributed by atoms with van der Waals surface area (Å²) in [5, 5.41) is 0.0783. The number of benzene rings is 1. The highest BCUT2D eigenvalue weighted by atomic mass is 35.5. The molecule has 0 unspecified atom stereocenters. The summed E-state index contributed by atoms with van der Waals surface area (Å²) in [5.74, 6) is -0.808. The van der Waals surface area contributed by atoms with Crippen LogP contribution >= 0.6 is 11.6 Å². The van der Waals surface area contributed by atoms with Gasteiger partial charge < -0.3 is 0 Å². The molecule has 1 heterocycles. The van der Waals surface area contributed by atoms with Crippen molar-refractivity contribution in [2.24, 2.45) is 0 Å². The topological polar surface area (TPSA) is 12.9 Å². The molecule has 96 valence electrons. The molecule has 0 N–H and O–H groups in total. The van der Waals surface area contributed by atoms with Crippen molar-refractivity contribution in [3.63, 3.8) is 0 Å². The van der Waals surface area contributed by atoms with Crippen molar-refractivity contribution in [1.82, 2.24) is 4.98 Å². The molecule has 0 aliphatic carbocycles.